The molecule has 108 valence electrons. The van der Waals surface area contributed by atoms with Crippen LogP contribution in [-0.4, -0.2) is 31.5 Å². The summed E-state index contributed by atoms with van der Waals surface area (Å²) in [7, 11) is 1.70. The maximum absolute atomic E-state index is 9.13. The number of rotatable bonds is 9. The predicted octanol–water partition coefficient (Wildman–Crippen LogP) is 2.76. The minimum atomic E-state index is 0.185. The number of nitrogens with one attached hydrogen (secondary N) is 1. The quantitative estimate of drug-likeness (QED) is 0.721. The van der Waals surface area contributed by atoms with E-state index in [9.17, 15) is 0 Å². The average Bonchev–Trinajstić information content (AvgIpc) is 2.39. The van der Waals surface area contributed by atoms with Gasteiger partial charge in [0.2, 0.25) is 0 Å². The van der Waals surface area contributed by atoms with Crippen molar-refractivity contribution < 1.29 is 9.84 Å². The first kappa shape index (κ1) is 16.2. The molecule has 1 rings (SSSR count). The van der Waals surface area contributed by atoms with Crippen LogP contribution in [0.5, 0.6) is 0 Å². The van der Waals surface area contributed by atoms with Crippen LogP contribution in [0.1, 0.15) is 38.3 Å². The van der Waals surface area contributed by atoms with Crippen LogP contribution in [0.4, 0.5) is 0 Å². The summed E-state index contributed by atoms with van der Waals surface area (Å²) in [5, 5.41) is 12.8. The van der Waals surface area contributed by atoms with Gasteiger partial charge >= 0.3 is 0 Å². The van der Waals surface area contributed by atoms with E-state index >= 15 is 0 Å². The fourth-order valence-electron chi connectivity index (χ4n) is 2.31. The van der Waals surface area contributed by atoms with Crippen molar-refractivity contribution in [3.8, 4) is 0 Å². The van der Waals surface area contributed by atoms with Gasteiger partial charge in [-0.05, 0) is 24.3 Å². The van der Waals surface area contributed by atoms with Crippen molar-refractivity contribution in [2.75, 3.05) is 20.3 Å². The van der Waals surface area contributed by atoms with Crippen LogP contribution in [0, 0.1) is 5.92 Å². The Bertz CT molecular complexity index is 321. The lowest BCUT2D eigenvalue weighted by molar-refractivity contribution is 0.140. The summed E-state index contributed by atoms with van der Waals surface area (Å²) in [5.74, 6) is 0.620. The van der Waals surface area contributed by atoms with E-state index in [0.717, 1.165) is 12.8 Å². The fraction of sp³-hybridized carbons (Fsp3) is 0.625. The second-order valence-corrected chi connectivity index (χ2v) is 5.42. The molecule has 0 spiro atoms. The van der Waals surface area contributed by atoms with Crippen molar-refractivity contribution in [3.05, 3.63) is 35.9 Å². The predicted molar refractivity (Wildman–Crippen MR) is 79.1 cm³/mol. The van der Waals surface area contributed by atoms with Crippen molar-refractivity contribution in [3.63, 3.8) is 0 Å². The highest BCUT2D eigenvalue weighted by Gasteiger charge is 2.17. The van der Waals surface area contributed by atoms with Gasteiger partial charge in [0, 0.05) is 25.8 Å². The molecule has 3 heteroatoms. The lowest BCUT2D eigenvalue weighted by Gasteiger charge is -2.27. The topological polar surface area (TPSA) is 41.5 Å². The van der Waals surface area contributed by atoms with Crippen LogP contribution >= 0.6 is 0 Å². The molecule has 0 amide bonds. The summed E-state index contributed by atoms with van der Waals surface area (Å²) >= 11 is 0. The highest BCUT2D eigenvalue weighted by Crippen LogP contribution is 2.22. The Hall–Kier alpha value is -0.900. The molecular weight excluding hydrogens is 238 g/mol. The molecule has 0 aliphatic carbocycles. The molecule has 0 heterocycles. The minimum absolute atomic E-state index is 0.185. The molecule has 0 aliphatic heterocycles. The van der Waals surface area contributed by atoms with Crippen LogP contribution in [0.15, 0.2) is 30.3 Å². The molecule has 2 N–H and O–H groups in total. The van der Waals surface area contributed by atoms with Gasteiger partial charge in [-0.1, -0.05) is 44.2 Å². The minimum Gasteiger partial charge on any atom is -0.396 e. The molecule has 19 heavy (non-hydrogen) atoms. The van der Waals surface area contributed by atoms with E-state index < -0.39 is 0 Å². The normalized spacial score (nSPS) is 14.6. The second kappa shape index (κ2) is 9.08. The van der Waals surface area contributed by atoms with E-state index in [1.807, 2.05) is 6.07 Å². The van der Waals surface area contributed by atoms with Gasteiger partial charge < -0.3 is 15.2 Å². The van der Waals surface area contributed by atoms with Crippen LogP contribution in [0.3, 0.4) is 0 Å². The van der Waals surface area contributed by atoms with Crippen LogP contribution in [0.2, 0.25) is 0 Å². The SMILES string of the molecule is COCC(CCO)NC(CC(C)C)c1ccccc1. The molecule has 1 aromatic rings. The zero-order valence-electron chi connectivity index (χ0n) is 12.3. The molecule has 0 bridgehead atoms. The first-order valence-electron chi connectivity index (χ1n) is 7.08. The molecule has 0 radical (unpaired) electrons. The first-order chi connectivity index (χ1) is 9.17. The van der Waals surface area contributed by atoms with Crippen molar-refractivity contribution in [1.82, 2.24) is 5.32 Å². The van der Waals surface area contributed by atoms with Crippen molar-refractivity contribution in [2.45, 2.75) is 38.8 Å². The van der Waals surface area contributed by atoms with Gasteiger partial charge in [-0.15, -0.1) is 0 Å². The number of benzene rings is 1. The van der Waals surface area contributed by atoms with E-state index in [-0.39, 0.29) is 12.6 Å². The van der Waals surface area contributed by atoms with E-state index in [4.69, 9.17) is 9.84 Å². The first-order valence-corrected chi connectivity index (χ1v) is 7.08. The number of aliphatic hydroxyl groups excluding tert-OH is 1. The van der Waals surface area contributed by atoms with Gasteiger partial charge in [0.05, 0.1) is 6.61 Å². The monoisotopic (exact) mass is 265 g/mol. The number of methoxy groups -OCH3 is 1. The molecule has 3 nitrogen and oxygen atoms in total. The second-order valence-electron chi connectivity index (χ2n) is 5.42. The Kier molecular flexibility index (Phi) is 7.72. The van der Waals surface area contributed by atoms with Gasteiger partial charge in [-0.3, -0.25) is 0 Å². The van der Waals surface area contributed by atoms with E-state index in [1.165, 1.54) is 5.56 Å². The highest BCUT2D eigenvalue weighted by molar-refractivity contribution is 5.19. The Morgan fingerprint density at radius 2 is 1.89 bits per heavy atom. The smallest absolute Gasteiger partial charge is 0.0616 e. The molecule has 0 fully saturated rings. The summed E-state index contributed by atoms with van der Waals surface area (Å²) in [5.41, 5.74) is 1.30. The maximum Gasteiger partial charge on any atom is 0.0616 e. The standard InChI is InChI=1S/C16H27NO2/c1-13(2)11-16(14-7-5-4-6-8-14)17-15(9-10-18)12-19-3/h4-8,13,15-18H,9-12H2,1-3H3. The summed E-state index contributed by atoms with van der Waals surface area (Å²) in [6.45, 7) is 5.27. The van der Waals surface area contributed by atoms with Gasteiger partial charge in [0.1, 0.15) is 0 Å². The van der Waals surface area contributed by atoms with Crippen LogP contribution in [-0.2, 0) is 4.74 Å². The van der Waals surface area contributed by atoms with Gasteiger partial charge in [0.25, 0.3) is 0 Å². The number of hydrogen-bond donors (Lipinski definition) is 2. The van der Waals surface area contributed by atoms with Crippen molar-refractivity contribution in [1.29, 1.82) is 0 Å². The summed E-state index contributed by atoms with van der Waals surface area (Å²) in [4.78, 5) is 0. The Morgan fingerprint density at radius 1 is 1.21 bits per heavy atom. The molecule has 0 aromatic heterocycles. The van der Waals surface area contributed by atoms with Crippen LogP contribution in [0.25, 0.3) is 0 Å². The largest absolute Gasteiger partial charge is 0.396 e. The summed E-state index contributed by atoms with van der Waals surface area (Å²) in [6, 6.07) is 11.0. The molecule has 0 aliphatic rings. The average molecular weight is 265 g/mol. The van der Waals surface area contributed by atoms with Crippen LogP contribution < -0.4 is 5.32 Å². The third kappa shape index (κ3) is 6.19. The van der Waals surface area contributed by atoms with Gasteiger partial charge in [0.15, 0.2) is 0 Å². The molecular formula is C16H27NO2. The third-order valence-corrected chi connectivity index (χ3v) is 3.19. The fourth-order valence-corrected chi connectivity index (χ4v) is 2.31. The molecule has 2 atom stereocenters. The number of ether oxygens (including phenoxy) is 1. The summed E-state index contributed by atoms with van der Waals surface area (Å²) < 4.78 is 5.22. The Morgan fingerprint density at radius 3 is 2.42 bits per heavy atom. The van der Waals surface area contributed by atoms with Gasteiger partial charge in [-0.2, -0.15) is 0 Å². The Balaban J connectivity index is 2.73. The highest BCUT2D eigenvalue weighted by atomic mass is 16.5. The molecule has 1 aromatic carbocycles. The molecule has 0 saturated carbocycles. The van der Waals surface area contributed by atoms with Crippen molar-refractivity contribution >= 4 is 0 Å². The molecule has 2 unspecified atom stereocenters. The third-order valence-electron chi connectivity index (χ3n) is 3.19. The maximum atomic E-state index is 9.13. The molecule has 0 saturated heterocycles. The number of aliphatic hydroxyl groups is 1. The summed E-state index contributed by atoms with van der Waals surface area (Å²) in [6.07, 6.45) is 1.80. The lowest BCUT2D eigenvalue weighted by atomic mass is 9.96. The van der Waals surface area contributed by atoms with Crippen molar-refractivity contribution in [2.24, 2.45) is 5.92 Å². The Labute approximate surface area is 117 Å². The van der Waals surface area contributed by atoms with E-state index in [2.05, 4.69) is 43.4 Å². The van der Waals surface area contributed by atoms with Gasteiger partial charge in [-0.25, -0.2) is 0 Å². The number of hydrogen-bond acceptors (Lipinski definition) is 3. The lowest BCUT2D eigenvalue weighted by Crippen LogP contribution is -2.37. The zero-order valence-corrected chi connectivity index (χ0v) is 12.3. The van der Waals surface area contributed by atoms with E-state index in [0.29, 0.717) is 18.6 Å². The van der Waals surface area contributed by atoms with E-state index in [1.54, 1.807) is 7.11 Å². The zero-order chi connectivity index (χ0) is 14.1.